The van der Waals surface area contributed by atoms with Crippen LogP contribution >= 0.6 is 12.2 Å². The maximum atomic E-state index is 12.6. The first-order valence-corrected chi connectivity index (χ1v) is 10.3. The van der Waals surface area contributed by atoms with E-state index in [4.69, 9.17) is 18.0 Å². The van der Waals surface area contributed by atoms with Gasteiger partial charge in [0.1, 0.15) is 0 Å². The molecule has 0 unspecified atom stereocenters. The number of thiocarbonyl (C=S) groups is 1. The lowest BCUT2D eigenvalue weighted by Gasteiger charge is -2.33. The Kier molecular flexibility index (Phi) is 6.03. The summed E-state index contributed by atoms with van der Waals surface area (Å²) in [7, 11) is -3.32. The Bertz CT molecular complexity index is 448. The first kappa shape index (κ1) is 17.2. The molecule has 0 radical (unpaired) electrons. The molecule has 2 rings (SSSR count). The van der Waals surface area contributed by atoms with Gasteiger partial charge in [-0.25, -0.2) is 13.1 Å². The molecule has 2 aliphatic rings. The number of hydrogen-bond acceptors (Lipinski definition) is 3. The predicted molar refractivity (Wildman–Crippen MR) is 90.7 cm³/mol. The summed E-state index contributed by atoms with van der Waals surface area (Å²) in [4.78, 5) is 0.316. The second-order valence-electron chi connectivity index (χ2n) is 6.75. The minimum Gasteiger partial charge on any atom is -0.392 e. The smallest absolute Gasteiger partial charge is 0.212 e. The van der Waals surface area contributed by atoms with Crippen LogP contribution in [-0.2, 0) is 10.0 Å². The van der Waals surface area contributed by atoms with Gasteiger partial charge in [0.05, 0.1) is 16.3 Å². The normalized spacial score (nSPS) is 24.4. The molecular weight excluding hydrogens is 304 g/mol. The Morgan fingerprint density at radius 2 is 1.57 bits per heavy atom. The molecule has 122 valence electrons. The van der Waals surface area contributed by atoms with Gasteiger partial charge in [0, 0.05) is 0 Å². The Morgan fingerprint density at radius 1 is 1.05 bits per heavy atom. The number of nitrogens with two attached hydrogens (primary N) is 1. The lowest BCUT2D eigenvalue weighted by atomic mass is 9.91. The van der Waals surface area contributed by atoms with Gasteiger partial charge in [0.2, 0.25) is 10.0 Å². The van der Waals surface area contributed by atoms with E-state index in [2.05, 4.69) is 4.72 Å². The zero-order valence-corrected chi connectivity index (χ0v) is 14.4. The van der Waals surface area contributed by atoms with Crippen LogP contribution < -0.4 is 10.5 Å². The van der Waals surface area contributed by atoms with Crippen molar-refractivity contribution in [3.63, 3.8) is 0 Å². The average Bonchev–Trinajstić information content (AvgIpc) is 2.65. The van der Waals surface area contributed by atoms with Crippen molar-refractivity contribution in [2.75, 3.05) is 5.75 Å². The fourth-order valence-corrected chi connectivity index (χ4v) is 6.00. The molecule has 3 N–H and O–H groups in total. The van der Waals surface area contributed by atoms with Crippen molar-refractivity contribution in [2.45, 2.75) is 76.2 Å². The summed E-state index contributed by atoms with van der Waals surface area (Å²) < 4.78 is 28.0. The summed E-state index contributed by atoms with van der Waals surface area (Å²) in [5.74, 6) is 0.530. The molecule has 0 atom stereocenters. The Hall–Kier alpha value is -0.200. The number of nitrogens with one attached hydrogen (secondary N) is 1. The highest BCUT2D eigenvalue weighted by atomic mass is 32.2. The first-order chi connectivity index (χ1) is 9.94. The maximum Gasteiger partial charge on any atom is 0.212 e. The molecule has 0 aromatic carbocycles. The van der Waals surface area contributed by atoms with Gasteiger partial charge >= 0.3 is 0 Å². The lowest BCUT2D eigenvalue weighted by molar-refractivity contribution is 0.379. The van der Waals surface area contributed by atoms with E-state index in [0.717, 1.165) is 64.2 Å². The Morgan fingerprint density at radius 3 is 2.10 bits per heavy atom. The molecule has 0 aromatic heterocycles. The van der Waals surface area contributed by atoms with Crippen LogP contribution in [0.15, 0.2) is 0 Å². The minimum atomic E-state index is -3.32. The SMILES string of the molecule is NC(=S)C1(NS(=O)(=O)CC2CCCCC2)CCCCCC1. The number of rotatable bonds is 5. The van der Waals surface area contributed by atoms with Crippen LogP contribution in [0.2, 0.25) is 0 Å². The van der Waals surface area contributed by atoms with E-state index < -0.39 is 15.6 Å². The highest BCUT2D eigenvalue weighted by molar-refractivity contribution is 7.89. The summed E-state index contributed by atoms with van der Waals surface area (Å²) in [5, 5.41) is 0. The third-order valence-corrected chi connectivity index (χ3v) is 6.96. The quantitative estimate of drug-likeness (QED) is 0.600. The maximum absolute atomic E-state index is 12.6. The fraction of sp³-hybridized carbons (Fsp3) is 0.933. The van der Waals surface area contributed by atoms with Crippen molar-refractivity contribution in [2.24, 2.45) is 11.7 Å². The van der Waals surface area contributed by atoms with Crippen molar-refractivity contribution in [1.29, 1.82) is 0 Å². The molecule has 2 fully saturated rings. The van der Waals surface area contributed by atoms with Gasteiger partial charge in [-0.3, -0.25) is 0 Å². The minimum absolute atomic E-state index is 0.233. The molecule has 0 aliphatic heterocycles. The molecule has 2 saturated carbocycles. The molecule has 0 aromatic rings. The third-order valence-electron chi connectivity index (χ3n) is 4.96. The molecule has 6 heteroatoms. The van der Waals surface area contributed by atoms with Crippen LogP contribution in [0.25, 0.3) is 0 Å². The summed E-state index contributed by atoms with van der Waals surface area (Å²) >= 11 is 5.21. The standard InChI is InChI=1S/C15H28N2O2S2/c16-14(20)15(10-6-1-2-7-11-15)17-21(18,19)12-13-8-4-3-5-9-13/h13,17H,1-12H2,(H2,16,20). The van der Waals surface area contributed by atoms with Gasteiger partial charge in [-0.05, 0) is 31.6 Å². The zero-order valence-electron chi connectivity index (χ0n) is 12.8. The molecule has 0 spiro atoms. The van der Waals surface area contributed by atoms with Gasteiger partial charge < -0.3 is 5.73 Å². The van der Waals surface area contributed by atoms with Gasteiger partial charge in [-0.2, -0.15) is 0 Å². The van der Waals surface area contributed by atoms with E-state index in [1.165, 1.54) is 6.42 Å². The van der Waals surface area contributed by atoms with Crippen molar-refractivity contribution >= 4 is 27.2 Å². The molecule has 0 bridgehead atoms. The van der Waals surface area contributed by atoms with Crippen molar-refractivity contribution in [3.05, 3.63) is 0 Å². The van der Waals surface area contributed by atoms with E-state index in [-0.39, 0.29) is 5.75 Å². The van der Waals surface area contributed by atoms with Gasteiger partial charge in [0.25, 0.3) is 0 Å². The average molecular weight is 333 g/mol. The first-order valence-electron chi connectivity index (χ1n) is 8.25. The molecule has 0 heterocycles. The second-order valence-corrected chi connectivity index (χ2v) is 8.95. The summed E-state index contributed by atoms with van der Waals surface area (Å²) in [6, 6.07) is 0. The van der Waals surface area contributed by atoms with Gasteiger partial charge in [-0.15, -0.1) is 0 Å². The van der Waals surface area contributed by atoms with Crippen LogP contribution in [-0.4, -0.2) is 24.7 Å². The zero-order chi connectivity index (χ0) is 15.3. The highest BCUT2D eigenvalue weighted by Gasteiger charge is 2.38. The summed E-state index contributed by atoms with van der Waals surface area (Å²) in [6.45, 7) is 0. The van der Waals surface area contributed by atoms with E-state index in [1.54, 1.807) is 0 Å². The van der Waals surface area contributed by atoms with E-state index in [0.29, 0.717) is 10.9 Å². The summed E-state index contributed by atoms with van der Waals surface area (Å²) in [6.07, 6.45) is 11.3. The molecule has 21 heavy (non-hydrogen) atoms. The third kappa shape index (κ3) is 4.89. The molecule has 0 saturated heterocycles. The highest BCUT2D eigenvalue weighted by Crippen LogP contribution is 2.30. The van der Waals surface area contributed by atoms with Crippen LogP contribution in [0.5, 0.6) is 0 Å². The topological polar surface area (TPSA) is 72.2 Å². The van der Waals surface area contributed by atoms with Crippen molar-refractivity contribution in [3.8, 4) is 0 Å². The van der Waals surface area contributed by atoms with Gasteiger partial charge in [0.15, 0.2) is 0 Å². The van der Waals surface area contributed by atoms with E-state index in [1.807, 2.05) is 0 Å². The molecule has 4 nitrogen and oxygen atoms in total. The fourth-order valence-electron chi connectivity index (χ4n) is 3.73. The second kappa shape index (κ2) is 7.38. The Balaban J connectivity index is 2.05. The largest absolute Gasteiger partial charge is 0.392 e. The lowest BCUT2D eigenvalue weighted by Crippen LogP contribution is -2.57. The molecule has 2 aliphatic carbocycles. The van der Waals surface area contributed by atoms with E-state index in [9.17, 15) is 8.42 Å². The van der Waals surface area contributed by atoms with Gasteiger partial charge in [-0.1, -0.05) is 57.2 Å². The van der Waals surface area contributed by atoms with Crippen LogP contribution in [0.1, 0.15) is 70.6 Å². The van der Waals surface area contributed by atoms with Crippen molar-refractivity contribution in [1.82, 2.24) is 4.72 Å². The molecule has 0 amide bonds. The van der Waals surface area contributed by atoms with Crippen molar-refractivity contribution < 1.29 is 8.42 Å². The Labute approximate surface area is 134 Å². The molecular formula is C15H28N2O2S2. The van der Waals surface area contributed by atoms with Crippen LogP contribution in [0.4, 0.5) is 0 Å². The van der Waals surface area contributed by atoms with Crippen LogP contribution in [0, 0.1) is 5.92 Å². The summed E-state index contributed by atoms with van der Waals surface area (Å²) in [5.41, 5.74) is 5.24. The number of hydrogen-bond donors (Lipinski definition) is 2. The van der Waals surface area contributed by atoms with Crippen LogP contribution in [0.3, 0.4) is 0 Å². The number of sulfonamides is 1. The van der Waals surface area contributed by atoms with E-state index >= 15 is 0 Å². The monoisotopic (exact) mass is 332 g/mol. The predicted octanol–water partition coefficient (Wildman–Crippen LogP) is 2.87.